The van der Waals surface area contributed by atoms with Crippen molar-refractivity contribution in [3.05, 3.63) is 17.6 Å². The third-order valence-electron chi connectivity index (χ3n) is 3.60. The van der Waals surface area contributed by atoms with Gasteiger partial charge in [0.15, 0.2) is 0 Å². The monoisotopic (exact) mass is 322 g/mol. The van der Waals surface area contributed by atoms with Crippen molar-refractivity contribution in [2.75, 3.05) is 24.5 Å². The molecule has 0 bridgehead atoms. The molecule has 2 aliphatic heterocycles. The van der Waals surface area contributed by atoms with Crippen LogP contribution in [0.1, 0.15) is 30.4 Å². The summed E-state index contributed by atoms with van der Waals surface area (Å²) >= 11 is 1.96. The van der Waals surface area contributed by atoms with Crippen LogP contribution in [0, 0.1) is 0 Å². The van der Waals surface area contributed by atoms with Crippen molar-refractivity contribution in [2.45, 2.75) is 30.9 Å². The Labute approximate surface area is 131 Å². The van der Waals surface area contributed by atoms with Gasteiger partial charge in [-0.2, -0.15) is 0 Å². The number of anilines is 1. The van der Waals surface area contributed by atoms with E-state index >= 15 is 0 Å². The minimum atomic E-state index is 0. The lowest BCUT2D eigenvalue weighted by Crippen LogP contribution is -2.50. The fourth-order valence-electron chi connectivity index (χ4n) is 2.62. The molecule has 7 heteroatoms. The molecule has 0 amide bonds. The van der Waals surface area contributed by atoms with E-state index in [1.54, 1.807) is 6.33 Å². The van der Waals surface area contributed by atoms with Gasteiger partial charge in [0.05, 0.1) is 5.69 Å². The first-order valence-corrected chi connectivity index (χ1v) is 7.25. The van der Waals surface area contributed by atoms with Crippen molar-refractivity contribution in [2.24, 2.45) is 0 Å². The van der Waals surface area contributed by atoms with E-state index in [9.17, 15) is 0 Å². The number of hydrogen-bond donors (Lipinski definition) is 1. The first-order chi connectivity index (χ1) is 8.27. The molecule has 0 aliphatic carbocycles. The van der Waals surface area contributed by atoms with Crippen molar-refractivity contribution in [3.63, 3.8) is 0 Å². The molecule has 1 N–H and O–H groups in total. The molecule has 3 rings (SSSR count). The molecular formula is C12H20Cl2N4S. The minimum Gasteiger partial charge on any atom is -0.351 e. The number of nitrogens with zero attached hydrogens (tertiary/aromatic N) is 3. The molecule has 0 spiro atoms. The van der Waals surface area contributed by atoms with Gasteiger partial charge in [0.2, 0.25) is 0 Å². The normalized spacial score (nSPS) is 25.3. The predicted molar refractivity (Wildman–Crippen MR) is 85.9 cm³/mol. The standard InChI is InChI=1S/C12H18N4S.2ClH/c1-8-5-13-3-4-16(8)12-11-9(2)17-6-10(11)14-7-15-12;;/h7-9,13H,3-6H2,1-2H3;2*1H/t8-,9-;;/m0../s1. The molecule has 4 nitrogen and oxygen atoms in total. The van der Waals surface area contributed by atoms with Gasteiger partial charge < -0.3 is 10.2 Å². The molecule has 3 heterocycles. The highest BCUT2D eigenvalue weighted by molar-refractivity contribution is 7.99. The van der Waals surface area contributed by atoms with Crippen LogP contribution < -0.4 is 10.2 Å². The van der Waals surface area contributed by atoms with Crippen LogP contribution in [0.2, 0.25) is 0 Å². The van der Waals surface area contributed by atoms with E-state index in [1.165, 1.54) is 17.1 Å². The Hall–Kier alpha value is -0.230. The van der Waals surface area contributed by atoms with E-state index in [1.807, 2.05) is 11.8 Å². The first-order valence-electron chi connectivity index (χ1n) is 6.20. The Morgan fingerprint density at radius 3 is 2.84 bits per heavy atom. The van der Waals surface area contributed by atoms with Crippen LogP contribution in [0.25, 0.3) is 0 Å². The van der Waals surface area contributed by atoms with Crippen molar-refractivity contribution in [1.29, 1.82) is 0 Å². The number of hydrogen-bond acceptors (Lipinski definition) is 5. The molecule has 0 aromatic carbocycles. The second kappa shape index (κ2) is 6.97. The average Bonchev–Trinajstić information content (AvgIpc) is 2.72. The Bertz CT molecular complexity index is 432. The zero-order valence-corrected chi connectivity index (χ0v) is 13.6. The summed E-state index contributed by atoms with van der Waals surface area (Å²) in [5.74, 6) is 2.20. The third kappa shape index (κ3) is 3.10. The van der Waals surface area contributed by atoms with E-state index in [2.05, 4.69) is 34.0 Å². The van der Waals surface area contributed by atoms with Crippen LogP contribution >= 0.6 is 36.6 Å². The van der Waals surface area contributed by atoms with Crippen LogP contribution in [0.5, 0.6) is 0 Å². The van der Waals surface area contributed by atoms with Gasteiger partial charge in [0.1, 0.15) is 12.1 Å². The molecule has 1 aromatic heterocycles. The molecule has 0 unspecified atom stereocenters. The van der Waals surface area contributed by atoms with Gasteiger partial charge in [-0.3, -0.25) is 0 Å². The highest BCUT2D eigenvalue weighted by Crippen LogP contribution is 2.44. The molecule has 2 atom stereocenters. The van der Waals surface area contributed by atoms with Gasteiger partial charge in [0.25, 0.3) is 0 Å². The fourth-order valence-corrected chi connectivity index (χ4v) is 3.67. The number of halogens is 2. The third-order valence-corrected chi connectivity index (χ3v) is 4.77. The van der Waals surface area contributed by atoms with Crippen molar-refractivity contribution in [3.8, 4) is 0 Å². The topological polar surface area (TPSA) is 41.1 Å². The molecule has 108 valence electrons. The Morgan fingerprint density at radius 1 is 1.32 bits per heavy atom. The Balaban J connectivity index is 0.000000902. The highest BCUT2D eigenvalue weighted by Gasteiger charge is 2.29. The maximum Gasteiger partial charge on any atom is 0.136 e. The van der Waals surface area contributed by atoms with Crippen LogP contribution in [0.4, 0.5) is 5.82 Å². The summed E-state index contributed by atoms with van der Waals surface area (Å²) in [5, 5.41) is 3.95. The molecule has 0 saturated carbocycles. The number of aromatic nitrogens is 2. The van der Waals surface area contributed by atoms with Crippen LogP contribution in [-0.4, -0.2) is 35.6 Å². The summed E-state index contributed by atoms with van der Waals surface area (Å²) < 4.78 is 0. The predicted octanol–water partition coefficient (Wildman–Crippen LogP) is 2.43. The summed E-state index contributed by atoms with van der Waals surface area (Å²) in [6.45, 7) is 7.65. The van der Waals surface area contributed by atoms with Gasteiger partial charge in [-0.05, 0) is 13.8 Å². The summed E-state index contributed by atoms with van der Waals surface area (Å²) in [6.07, 6.45) is 1.72. The fraction of sp³-hybridized carbons (Fsp3) is 0.667. The minimum absolute atomic E-state index is 0. The number of piperazine rings is 1. The highest BCUT2D eigenvalue weighted by atomic mass is 35.5. The van der Waals surface area contributed by atoms with Gasteiger partial charge in [-0.15, -0.1) is 36.6 Å². The van der Waals surface area contributed by atoms with Gasteiger partial charge in [0, 0.05) is 42.2 Å². The molecule has 1 saturated heterocycles. The molecular weight excluding hydrogens is 303 g/mol. The zero-order chi connectivity index (χ0) is 11.8. The van der Waals surface area contributed by atoms with Crippen LogP contribution in [0.3, 0.4) is 0 Å². The second-order valence-corrected chi connectivity index (χ2v) is 6.09. The van der Waals surface area contributed by atoms with Crippen molar-refractivity contribution >= 4 is 42.4 Å². The maximum atomic E-state index is 4.55. The average molecular weight is 323 g/mol. The van der Waals surface area contributed by atoms with E-state index in [0.29, 0.717) is 11.3 Å². The van der Waals surface area contributed by atoms with E-state index < -0.39 is 0 Å². The SMILES string of the molecule is C[C@@H]1SCc2ncnc(N3CCNC[C@@H]3C)c21.Cl.Cl. The van der Waals surface area contributed by atoms with Crippen molar-refractivity contribution < 1.29 is 0 Å². The molecule has 19 heavy (non-hydrogen) atoms. The van der Waals surface area contributed by atoms with Gasteiger partial charge in [-0.25, -0.2) is 9.97 Å². The van der Waals surface area contributed by atoms with Crippen LogP contribution in [-0.2, 0) is 5.75 Å². The van der Waals surface area contributed by atoms with E-state index in [-0.39, 0.29) is 24.8 Å². The quantitative estimate of drug-likeness (QED) is 0.860. The summed E-state index contributed by atoms with van der Waals surface area (Å²) in [4.78, 5) is 11.4. The number of rotatable bonds is 1. The second-order valence-electron chi connectivity index (χ2n) is 4.76. The summed E-state index contributed by atoms with van der Waals surface area (Å²) in [7, 11) is 0. The van der Waals surface area contributed by atoms with E-state index in [0.717, 1.165) is 25.4 Å². The smallest absolute Gasteiger partial charge is 0.136 e. The number of fused-ring (bicyclic) bond motifs is 1. The summed E-state index contributed by atoms with van der Waals surface area (Å²) in [6, 6.07) is 0.514. The van der Waals surface area contributed by atoms with E-state index in [4.69, 9.17) is 0 Å². The molecule has 1 aromatic rings. The van der Waals surface area contributed by atoms with Gasteiger partial charge >= 0.3 is 0 Å². The summed E-state index contributed by atoms with van der Waals surface area (Å²) in [5.41, 5.74) is 2.60. The largest absolute Gasteiger partial charge is 0.351 e. The molecule has 2 aliphatic rings. The lowest BCUT2D eigenvalue weighted by atomic mass is 10.1. The Kier molecular flexibility index (Phi) is 6.17. The lowest BCUT2D eigenvalue weighted by Gasteiger charge is -2.36. The lowest BCUT2D eigenvalue weighted by molar-refractivity contribution is 0.495. The zero-order valence-electron chi connectivity index (χ0n) is 11.1. The molecule has 0 radical (unpaired) electrons. The number of thioether (sulfide) groups is 1. The Morgan fingerprint density at radius 2 is 2.11 bits per heavy atom. The molecule has 1 fully saturated rings. The first kappa shape index (κ1) is 16.8. The van der Waals surface area contributed by atoms with Crippen LogP contribution in [0.15, 0.2) is 6.33 Å². The number of nitrogens with one attached hydrogen (secondary N) is 1. The van der Waals surface area contributed by atoms with Crippen molar-refractivity contribution in [1.82, 2.24) is 15.3 Å². The maximum absolute atomic E-state index is 4.55. The van der Waals surface area contributed by atoms with Gasteiger partial charge in [-0.1, -0.05) is 0 Å².